The molecule has 0 radical (unpaired) electrons. The summed E-state index contributed by atoms with van der Waals surface area (Å²) >= 11 is 1.32. The SMILES string of the molecule is CC(C)Oc1ccc(SC(C)C(=O)O)cc1. The predicted molar refractivity (Wildman–Crippen MR) is 65.2 cm³/mol. The van der Waals surface area contributed by atoms with Crippen LogP contribution in [0.15, 0.2) is 29.2 Å². The lowest BCUT2D eigenvalue weighted by atomic mass is 10.3. The van der Waals surface area contributed by atoms with Gasteiger partial charge in [0.05, 0.1) is 6.10 Å². The quantitative estimate of drug-likeness (QED) is 0.804. The van der Waals surface area contributed by atoms with Crippen LogP contribution in [0.1, 0.15) is 20.8 Å². The number of carbonyl (C=O) groups is 1. The maximum absolute atomic E-state index is 10.7. The van der Waals surface area contributed by atoms with Crippen LogP contribution in [0.3, 0.4) is 0 Å². The Kier molecular flexibility index (Phi) is 4.68. The van der Waals surface area contributed by atoms with E-state index in [9.17, 15) is 4.79 Å². The van der Waals surface area contributed by atoms with Crippen LogP contribution in [0.5, 0.6) is 5.75 Å². The van der Waals surface area contributed by atoms with Gasteiger partial charge < -0.3 is 9.84 Å². The number of benzene rings is 1. The summed E-state index contributed by atoms with van der Waals surface area (Å²) in [5.41, 5.74) is 0. The van der Waals surface area contributed by atoms with Crippen molar-refractivity contribution >= 4 is 17.7 Å². The van der Waals surface area contributed by atoms with Gasteiger partial charge >= 0.3 is 5.97 Å². The number of hydrogen-bond acceptors (Lipinski definition) is 3. The zero-order valence-electron chi connectivity index (χ0n) is 9.64. The molecule has 4 heteroatoms. The molecule has 0 aliphatic carbocycles. The van der Waals surface area contributed by atoms with Crippen LogP contribution in [-0.4, -0.2) is 22.4 Å². The second kappa shape index (κ2) is 5.80. The van der Waals surface area contributed by atoms with Crippen LogP contribution in [0.4, 0.5) is 0 Å². The summed E-state index contributed by atoms with van der Waals surface area (Å²) in [6.07, 6.45) is 0.149. The second-order valence-electron chi connectivity index (χ2n) is 3.74. The zero-order chi connectivity index (χ0) is 12.1. The van der Waals surface area contributed by atoms with Crippen LogP contribution < -0.4 is 4.74 Å². The van der Waals surface area contributed by atoms with Crippen LogP contribution in [0, 0.1) is 0 Å². The van der Waals surface area contributed by atoms with Crippen molar-refractivity contribution in [2.45, 2.75) is 37.0 Å². The van der Waals surface area contributed by atoms with Gasteiger partial charge in [0.1, 0.15) is 11.0 Å². The van der Waals surface area contributed by atoms with Gasteiger partial charge in [-0.25, -0.2) is 0 Å². The molecular weight excluding hydrogens is 224 g/mol. The Morgan fingerprint density at radius 1 is 1.25 bits per heavy atom. The van der Waals surface area contributed by atoms with Gasteiger partial charge in [0, 0.05) is 4.90 Å². The fourth-order valence-electron chi connectivity index (χ4n) is 1.12. The molecule has 1 aromatic carbocycles. The summed E-state index contributed by atoms with van der Waals surface area (Å²) in [5, 5.41) is 8.34. The van der Waals surface area contributed by atoms with Crippen molar-refractivity contribution in [1.29, 1.82) is 0 Å². The number of aliphatic carboxylic acids is 1. The lowest BCUT2D eigenvalue weighted by molar-refractivity contribution is -0.136. The maximum atomic E-state index is 10.7. The molecule has 1 N–H and O–H groups in total. The number of thioether (sulfide) groups is 1. The van der Waals surface area contributed by atoms with E-state index in [1.807, 2.05) is 38.1 Å². The van der Waals surface area contributed by atoms with Crippen LogP contribution >= 0.6 is 11.8 Å². The molecule has 0 bridgehead atoms. The van der Waals surface area contributed by atoms with E-state index in [1.54, 1.807) is 6.92 Å². The molecule has 1 atom stereocenters. The smallest absolute Gasteiger partial charge is 0.316 e. The summed E-state index contributed by atoms with van der Waals surface area (Å²) in [5.74, 6) is 0.00911. The van der Waals surface area contributed by atoms with Crippen molar-refractivity contribution in [3.05, 3.63) is 24.3 Å². The minimum atomic E-state index is -0.799. The number of rotatable bonds is 5. The largest absolute Gasteiger partial charge is 0.491 e. The lowest BCUT2D eigenvalue weighted by Crippen LogP contribution is -2.11. The molecule has 0 amide bonds. The van der Waals surface area contributed by atoms with E-state index in [0.717, 1.165) is 10.6 Å². The molecule has 0 spiro atoms. The average molecular weight is 240 g/mol. The second-order valence-corrected chi connectivity index (χ2v) is 5.15. The Bertz CT molecular complexity index is 346. The van der Waals surface area contributed by atoms with Gasteiger partial charge in [-0.05, 0) is 45.0 Å². The number of hydrogen-bond donors (Lipinski definition) is 1. The van der Waals surface area contributed by atoms with E-state index in [-0.39, 0.29) is 6.10 Å². The van der Waals surface area contributed by atoms with Crippen LogP contribution in [0.2, 0.25) is 0 Å². The maximum Gasteiger partial charge on any atom is 0.316 e. The molecule has 88 valence electrons. The molecule has 0 aromatic heterocycles. The Labute approximate surface area is 99.8 Å². The van der Waals surface area contributed by atoms with E-state index in [0.29, 0.717) is 0 Å². The van der Waals surface area contributed by atoms with Gasteiger partial charge in [0.25, 0.3) is 0 Å². The van der Waals surface area contributed by atoms with E-state index < -0.39 is 11.2 Å². The fourth-order valence-corrected chi connectivity index (χ4v) is 1.93. The van der Waals surface area contributed by atoms with E-state index in [2.05, 4.69) is 0 Å². The third-order valence-corrected chi connectivity index (χ3v) is 2.96. The first-order valence-corrected chi connectivity index (χ1v) is 6.03. The zero-order valence-corrected chi connectivity index (χ0v) is 10.5. The molecule has 16 heavy (non-hydrogen) atoms. The van der Waals surface area contributed by atoms with Crippen molar-refractivity contribution < 1.29 is 14.6 Å². The fraction of sp³-hybridized carbons (Fsp3) is 0.417. The van der Waals surface area contributed by atoms with Crippen LogP contribution in [0.25, 0.3) is 0 Å². The minimum Gasteiger partial charge on any atom is -0.491 e. The van der Waals surface area contributed by atoms with Gasteiger partial charge in [0.2, 0.25) is 0 Å². The Morgan fingerprint density at radius 2 is 1.81 bits per heavy atom. The molecule has 1 rings (SSSR count). The van der Waals surface area contributed by atoms with E-state index in [1.165, 1.54) is 11.8 Å². The first-order chi connectivity index (χ1) is 7.49. The molecule has 0 aliphatic rings. The highest BCUT2D eigenvalue weighted by molar-refractivity contribution is 8.00. The van der Waals surface area contributed by atoms with Crippen molar-refractivity contribution in [1.82, 2.24) is 0 Å². The Hall–Kier alpha value is -1.16. The third kappa shape index (κ3) is 4.14. The predicted octanol–water partition coefficient (Wildman–Crippen LogP) is 3.04. The molecule has 0 saturated carbocycles. The average Bonchev–Trinajstić information content (AvgIpc) is 2.20. The minimum absolute atomic E-state index is 0.149. The third-order valence-electron chi connectivity index (χ3n) is 1.86. The van der Waals surface area contributed by atoms with Gasteiger partial charge in [-0.2, -0.15) is 0 Å². The number of carboxylic acid groups (broad SMARTS) is 1. The number of carboxylic acids is 1. The molecular formula is C12H16O3S. The summed E-state index contributed by atoms with van der Waals surface area (Å²) in [6, 6.07) is 7.47. The van der Waals surface area contributed by atoms with Gasteiger partial charge in [-0.3, -0.25) is 4.79 Å². The molecule has 1 unspecified atom stereocenters. The standard InChI is InChI=1S/C12H16O3S/c1-8(2)15-10-4-6-11(7-5-10)16-9(3)12(13)14/h4-9H,1-3H3,(H,13,14). The van der Waals surface area contributed by atoms with Crippen molar-refractivity contribution in [2.24, 2.45) is 0 Å². The first-order valence-electron chi connectivity index (χ1n) is 5.15. The summed E-state index contributed by atoms with van der Waals surface area (Å²) in [6.45, 7) is 5.61. The van der Waals surface area contributed by atoms with Crippen molar-refractivity contribution in [3.8, 4) is 5.75 Å². The van der Waals surface area contributed by atoms with E-state index >= 15 is 0 Å². The number of ether oxygens (including phenoxy) is 1. The van der Waals surface area contributed by atoms with Gasteiger partial charge in [-0.1, -0.05) is 0 Å². The van der Waals surface area contributed by atoms with Crippen LogP contribution in [-0.2, 0) is 4.79 Å². The summed E-state index contributed by atoms with van der Waals surface area (Å²) in [7, 11) is 0. The van der Waals surface area contributed by atoms with Gasteiger partial charge in [-0.15, -0.1) is 11.8 Å². The molecule has 0 aliphatic heterocycles. The lowest BCUT2D eigenvalue weighted by Gasteiger charge is -2.10. The van der Waals surface area contributed by atoms with E-state index in [4.69, 9.17) is 9.84 Å². The highest BCUT2D eigenvalue weighted by atomic mass is 32.2. The molecule has 0 saturated heterocycles. The Balaban J connectivity index is 2.61. The highest BCUT2D eigenvalue weighted by Crippen LogP contribution is 2.25. The topological polar surface area (TPSA) is 46.5 Å². The first kappa shape index (κ1) is 12.9. The monoisotopic (exact) mass is 240 g/mol. The normalized spacial score (nSPS) is 12.5. The molecule has 1 aromatic rings. The highest BCUT2D eigenvalue weighted by Gasteiger charge is 2.12. The van der Waals surface area contributed by atoms with Gasteiger partial charge in [0.15, 0.2) is 0 Å². The summed E-state index contributed by atoms with van der Waals surface area (Å²) < 4.78 is 5.50. The molecule has 0 fully saturated rings. The molecule has 0 heterocycles. The van der Waals surface area contributed by atoms with Crippen molar-refractivity contribution in [3.63, 3.8) is 0 Å². The molecule has 3 nitrogen and oxygen atoms in total. The van der Waals surface area contributed by atoms with Crippen molar-refractivity contribution in [2.75, 3.05) is 0 Å². The summed E-state index contributed by atoms with van der Waals surface area (Å²) in [4.78, 5) is 11.6. The Morgan fingerprint density at radius 3 is 2.25 bits per heavy atom.